The molecule has 114 valence electrons. The normalized spacial score (nSPS) is 30.6. The van der Waals surface area contributed by atoms with E-state index >= 15 is 0 Å². The molecule has 0 radical (unpaired) electrons. The zero-order valence-corrected chi connectivity index (χ0v) is 11.7. The Morgan fingerprint density at radius 1 is 0.864 bits per heavy atom. The van der Waals surface area contributed by atoms with E-state index in [-0.39, 0.29) is 6.42 Å². The minimum Gasteiger partial charge on any atom is -0.323 e. The van der Waals surface area contributed by atoms with Gasteiger partial charge in [0.05, 0.1) is 0 Å². The van der Waals surface area contributed by atoms with Crippen LogP contribution in [0.25, 0.3) is 0 Å². The van der Waals surface area contributed by atoms with Gasteiger partial charge in [-0.25, -0.2) is 9.59 Å². The van der Waals surface area contributed by atoms with Crippen molar-refractivity contribution in [2.45, 2.75) is 24.4 Å². The second kappa shape index (κ2) is 4.55. The molecule has 2 aliphatic rings. The maximum Gasteiger partial charge on any atom is 0.322 e. The molecule has 1 aromatic rings. The quantitative estimate of drug-likeness (QED) is 0.574. The van der Waals surface area contributed by atoms with Gasteiger partial charge in [0, 0.05) is 6.42 Å². The fourth-order valence-electron chi connectivity index (χ4n) is 2.88. The van der Waals surface area contributed by atoms with Crippen molar-refractivity contribution in [2.75, 3.05) is 0 Å². The van der Waals surface area contributed by atoms with Gasteiger partial charge in [-0.05, 0) is 12.5 Å². The van der Waals surface area contributed by atoms with Gasteiger partial charge in [0.15, 0.2) is 0 Å². The van der Waals surface area contributed by atoms with Crippen molar-refractivity contribution >= 4 is 23.9 Å². The average Bonchev–Trinajstić information content (AvgIpc) is 2.87. The Morgan fingerprint density at radius 2 is 1.45 bits per heavy atom. The molecule has 2 fully saturated rings. The molecule has 8 nitrogen and oxygen atoms in total. The van der Waals surface area contributed by atoms with Crippen LogP contribution < -0.4 is 21.3 Å². The maximum absolute atomic E-state index is 12.4. The number of urea groups is 2. The molecular formula is C14H14N4O4. The number of nitrogens with one attached hydrogen (secondary N) is 4. The highest BCUT2D eigenvalue weighted by atomic mass is 16.2. The van der Waals surface area contributed by atoms with Gasteiger partial charge in [-0.1, -0.05) is 30.3 Å². The van der Waals surface area contributed by atoms with Crippen molar-refractivity contribution in [1.82, 2.24) is 21.3 Å². The second-order valence-electron chi connectivity index (χ2n) is 5.60. The predicted molar refractivity (Wildman–Crippen MR) is 74.5 cm³/mol. The lowest BCUT2D eigenvalue weighted by Crippen LogP contribution is -2.55. The number of hydrogen-bond donors (Lipinski definition) is 4. The Morgan fingerprint density at radius 3 is 1.95 bits per heavy atom. The standard InChI is InChI=1S/C14H14N4O4/c1-13(9(19)15-11(21)17-13)7-14(8-5-3-2-4-6-8)10(20)16-12(22)18-14/h2-6H,7H2,1H3,(H2,15,17,19,21)(H2,16,18,20,22)/t13-,14-/m1/s1. The Labute approximate surface area is 125 Å². The molecule has 0 spiro atoms. The van der Waals surface area contributed by atoms with E-state index in [2.05, 4.69) is 21.3 Å². The van der Waals surface area contributed by atoms with Crippen molar-refractivity contribution in [3.05, 3.63) is 35.9 Å². The average molecular weight is 302 g/mol. The van der Waals surface area contributed by atoms with Gasteiger partial charge in [-0.3, -0.25) is 20.2 Å². The highest BCUT2D eigenvalue weighted by Gasteiger charge is 2.55. The van der Waals surface area contributed by atoms with Crippen LogP contribution in [-0.2, 0) is 15.1 Å². The molecule has 2 atom stereocenters. The van der Waals surface area contributed by atoms with Crippen LogP contribution in [0, 0.1) is 0 Å². The Bertz CT molecular complexity index is 689. The number of imide groups is 2. The Hall–Kier alpha value is -2.90. The first-order chi connectivity index (χ1) is 10.4. The van der Waals surface area contributed by atoms with Gasteiger partial charge in [-0.2, -0.15) is 0 Å². The van der Waals surface area contributed by atoms with Crippen LogP contribution in [0.5, 0.6) is 0 Å². The topological polar surface area (TPSA) is 116 Å². The lowest BCUT2D eigenvalue weighted by molar-refractivity contribution is -0.128. The Balaban J connectivity index is 2.05. The van der Waals surface area contributed by atoms with Crippen molar-refractivity contribution in [3.63, 3.8) is 0 Å². The number of benzene rings is 1. The van der Waals surface area contributed by atoms with Crippen LogP contribution >= 0.6 is 0 Å². The zero-order chi connectivity index (χ0) is 16.0. The van der Waals surface area contributed by atoms with Gasteiger partial charge < -0.3 is 10.6 Å². The molecule has 0 unspecified atom stereocenters. The first kappa shape index (κ1) is 14.1. The Kier molecular flexibility index (Phi) is 2.91. The molecule has 22 heavy (non-hydrogen) atoms. The smallest absolute Gasteiger partial charge is 0.322 e. The van der Waals surface area contributed by atoms with Gasteiger partial charge in [-0.15, -0.1) is 0 Å². The van der Waals surface area contributed by atoms with Crippen molar-refractivity contribution < 1.29 is 19.2 Å². The maximum atomic E-state index is 12.4. The lowest BCUT2D eigenvalue weighted by Gasteiger charge is -2.33. The molecule has 1 aromatic carbocycles. The minimum atomic E-state index is -1.41. The largest absolute Gasteiger partial charge is 0.323 e. The minimum absolute atomic E-state index is 0.0981. The zero-order valence-electron chi connectivity index (χ0n) is 11.7. The fraction of sp³-hybridized carbons (Fsp3) is 0.286. The summed E-state index contributed by atoms with van der Waals surface area (Å²) in [4.78, 5) is 47.4. The van der Waals surface area contributed by atoms with E-state index in [0.29, 0.717) is 5.56 Å². The van der Waals surface area contributed by atoms with E-state index < -0.39 is 35.0 Å². The van der Waals surface area contributed by atoms with E-state index in [1.807, 2.05) is 0 Å². The molecule has 0 saturated carbocycles. The molecule has 3 rings (SSSR count). The van der Waals surface area contributed by atoms with Crippen LogP contribution in [0.1, 0.15) is 18.9 Å². The molecule has 0 bridgehead atoms. The van der Waals surface area contributed by atoms with Crippen LogP contribution in [-0.4, -0.2) is 29.4 Å². The summed E-state index contributed by atoms with van der Waals surface area (Å²) >= 11 is 0. The number of amides is 6. The summed E-state index contributed by atoms with van der Waals surface area (Å²) in [5.74, 6) is -1.10. The number of carbonyl (C=O) groups is 4. The fourth-order valence-corrected chi connectivity index (χ4v) is 2.88. The van der Waals surface area contributed by atoms with Gasteiger partial charge in [0.2, 0.25) is 0 Å². The molecule has 6 amide bonds. The molecule has 2 aliphatic heterocycles. The second-order valence-corrected chi connectivity index (χ2v) is 5.60. The molecule has 4 N–H and O–H groups in total. The van der Waals surface area contributed by atoms with Gasteiger partial charge >= 0.3 is 12.1 Å². The molecule has 0 aromatic heterocycles. The summed E-state index contributed by atoms with van der Waals surface area (Å²) in [5, 5.41) is 9.43. The third kappa shape index (κ3) is 2.00. The molecular weight excluding hydrogens is 288 g/mol. The molecule has 0 aliphatic carbocycles. The van der Waals surface area contributed by atoms with E-state index in [9.17, 15) is 19.2 Å². The number of rotatable bonds is 3. The third-order valence-electron chi connectivity index (χ3n) is 3.94. The van der Waals surface area contributed by atoms with Gasteiger partial charge in [0.1, 0.15) is 11.1 Å². The molecule has 2 saturated heterocycles. The van der Waals surface area contributed by atoms with Crippen LogP contribution in [0.3, 0.4) is 0 Å². The first-order valence-electron chi connectivity index (χ1n) is 6.68. The predicted octanol–water partition coefficient (Wildman–Crippen LogP) is -0.290. The third-order valence-corrected chi connectivity index (χ3v) is 3.94. The van der Waals surface area contributed by atoms with E-state index in [4.69, 9.17) is 0 Å². The summed E-state index contributed by atoms with van der Waals surface area (Å²) in [6.07, 6.45) is -0.0981. The summed E-state index contributed by atoms with van der Waals surface area (Å²) in [6, 6.07) is 7.33. The van der Waals surface area contributed by atoms with Crippen LogP contribution in [0.4, 0.5) is 9.59 Å². The van der Waals surface area contributed by atoms with Crippen molar-refractivity contribution in [3.8, 4) is 0 Å². The summed E-state index contributed by atoms with van der Waals surface area (Å²) in [6.45, 7) is 1.51. The monoisotopic (exact) mass is 302 g/mol. The van der Waals surface area contributed by atoms with E-state index in [1.54, 1.807) is 30.3 Å². The van der Waals surface area contributed by atoms with Crippen molar-refractivity contribution in [1.29, 1.82) is 0 Å². The molecule has 2 heterocycles. The molecule has 8 heteroatoms. The van der Waals surface area contributed by atoms with Crippen LogP contribution in [0.2, 0.25) is 0 Å². The summed E-state index contributed by atoms with van der Waals surface area (Å²) in [5.41, 5.74) is -2.18. The summed E-state index contributed by atoms with van der Waals surface area (Å²) in [7, 11) is 0. The summed E-state index contributed by atoms with van der Waals surface area (Å²) < 4.78 is 0. The SMILES string of the molecule is C[C@]1(C[C@]2(c3ccccc3)NC(=O)NC2=O)NC(=O)NC1=O. The highest BCUT2D eigenvalue weighted by molar-refractivity contribution is 6.10. The number of carbonyl (C=O) groups excluding carboxylic acids is 4. The highest BCUT2D eigenvalue weighted by Crippen LogP contribution is 2.34. The first-order valence-corrected chi connectivity index (χ1v) is 6.68. The van der Waals surface area contributed by atoms with Gasteiger partial charge in [0.25, 0.3) is 11.8 Å². The van der Waals surface area contributed by atoms with E-state index in [0.717, 1.165) is 0 Å². The number of hydrogen-bond acceptors (Lipinski definition) is 4. The van der Waals surface area contributed by atoms with Crippen LogP contribution in [0.15, 0.2) is 30.3 Å². The van der Waals surface area contributed by atoms with E-state index in [1.165, 1.54) is 6.92 Å². The van der Waals surface area contributed by atoms with Crippen molar-refractivity contribution in [2.24, 2.45) is 0 Å². The lowest BCUT2D eigenvalue weighted by atomic mass is 9.78.